The highest BCUT2D eigenvalue weighted by molar-refractivity contribution is 6.35. The first-order valence-corrected chi connectivity index (χ1v) is 6.07. The van der Waals surface area contributed by atoms with Gasteiger partial charge in [-0.15, -0.1) is 0 Å². The molecule has 0 N–H and O–H groups in total. The van der Waals surface area contributed by atoms with Gasteiger partial charge < -0.3 is 4.57 Å². The Labute approximate surface area is 107 Å². The Hall–Kier alpha value is -1.42. The third-order valence-electron chi connectivity index (χ3n) is 3.27. The van der Waals surface area contributed by atoms with Gasteiger partial charge in [-0.3, -0.25) is 4.79 Å². The molecule has 3 rings (SSSR count). The minimum Gasteiger partial charge on any atom is -0.343 e. The molecule has 0 amide bonds. The summed E-state index contributed by atoms with van der Waals surface area (Å²) in [5, 5.41) is -0.167. The number of halogens is 3. The normalized spacial score (nSPS) is 15.3. The Kier molecular flexibility index (Phi) is 2.45. The van der Waals surface area contributed by atoms with Crippen LogP contribution < -0.4 is 5.43 Å². The summed E-state index contributed by atoms with van der Waals surface area (Å²) in [7, 11) is 0. The van der Waals surface area contributed by atoms with Crippen molar-refractivity contribution in [2.75, 3.05) is 0 Å². The fourth-order valence-corrected chi connectivity index (χ4v) is 2.49. The second-order valence-corrected chi connectivity index (χ2v) is 5.04. The summed E-state index contributed by atoms with van der Waals surface area (Å²) in [6.07, 6.45) is 3.60. The smallest absolute Gasteiger partial charge is 0.192 e. The zero-order valence-corrected chi connectivity index (χ0v) is 10.4. The van der Waals surface area contributed by atoms with Crippen LogP contribution in [-0.4, -0.2) is 4.57 Å². The van der Waals surface area contributed by atoms with E-state index in [-0.39, 0.29) is 21.9 Å². The summed E-state index contributed by atoms with van der Waals surface area (Å²) in [4.78, 5) is 12.0. The van der Waals surface area contributed by atoms with E-state index in [0.717, 1.165) is 18.9 Å². The summed E-state index contributed by atoms with van der Waals surface area (Å²) >= 11 is 5.86. The number of benzene rings is 1. The minimum absolute atomic E-state index is 0.144. The van der Waals surface area contributed by atoms with Gasteiger partial charge in [-0.1, -0.05) is 11.6 Å². The number of rotatable bonds is 1. The summed E-state index contributed by atoms with van der Waals surface area (Å²) in [5.74, 6) is -2.18. The van der Waals surface area contributed by atoms with Gasteiger partial charge in [0, 0.05) is 17.8 Å². The molecule has 0 bridgehead atoms. The Morgan fingerprint density at radius 1 is 1.39 bits per heavy atom. The molecular formula is C13H10ClF2NO. The van der Waals surface area contributed by atoms with Crippen LogP contribution in [0.2, 0.25) is 5.02 Å². The SMILES string of the molecule is Cc1cn(C2CC2)c2c(Cl)c(F)c(F)cc2c1=O. The van der Waals surface area contributed by atoms with Crippen molar-refractivity contribution >= 4 is 22.5 Å². The molecule has 0 radical (unpaired) electrons. The summed E-state index contributed by atoms with van der Waals surface area (Å²) in [6.45, 7) is 1.66. The first-order chi connectivity index (χ1) is 8.50. The molecule has 1 aliphatic carbocycles. The van der Waals surface area contributed by atoms with Gasteiger partial charge in [-0.05, 0) is 25.8 Å². The molecule has 2 aromatic rings. The number of aryl methyl sites for hydroxylation is 1. The van der Waals surface area contributed by atoms with Crippen molar-refractivity contribution in [3.8, 4) is 0 Å². The van der Waals surface area contributed by atoms with Crippen LogP contribution in [0.4, 0.5) is 8.78 Å². The van der Waals surface area contributed by atoms with Crippen molar-refractivity contribution in [2.45, 2.75) is 25.8 Å². The zero-order chi connectivity index (χ0) is 13.0. The highest BCUT2D eigenvalue weighted by Crippen LogP contribution is 2.39. The first-order valence-electron chi connectivity index (χ1n) is 5.69. The second kappa shape index (κ2) is 3.79. The summed E-state index contributed by atoms with van der Waals surface area (Å²) < 4.78 is 28.7. The van der Waals surface area contributed by atoms with E-state index in [1.165, 1.54) is 0 Å². The fourth-order valence-electron chi connectivity index (χ4n) is 2.20. The molecule has 2 nitrogen and oxygen atoms in total. The van der Waals surface area contributed by atoms with Crippen molar-refractivity contribution < 1.29 is 8.78 Å². The van der Waals surface area contributed by atoms with Gasteiger partial charge in [-0.2, -0.15) is 0 Å². The number of pyridine rings is 1. The molecule has 1 heterocycles. The standard InChI is InChI=1S/C13H10ClF2NO/c1-6-5-17(7-2-3-7)12-8(13(6)18)4-9(15)11(16)10(12)14/h4-5,7H,2-3H2,1H3. The third kappa shape index (κ3) is 1.56. The van der Waals surface area contributed by atoms with Crippen molar-refractivity contribution in [2.24, 2.45) is 0 Å². The largest absolute Gasteiger partial charge is 0.343 e. The van der Waals surface area contributed by atoms with Crippen LogP contribution in [0.1, 0.15) is 24.4 Å². The van der Waals surface area contributed by atoms with Gasteiger partial charge in [0.15, 0.2) is 17.1 Å². The van der Waals surface area contributed by atoms with Crippen LogP contribution >= 0.6 is 11.6 Å². The third-order valence-corrected chi connectivity index (χ3v) is 3.62. The van der Waals surface area contributed by atoms with Crippen LogP contribution in [0.15, 0.2) is 17.1 Å². The van der Waals surface area contributed by atoms with Crippen molar-refractivity contribution in [1.29, 1.82) is 0 Å². The molecule has 18 heavy (non-hydrogen) atoms. The van der Waals surface area contributed by atoms with E-state index in [1.807, 2.05) is 0 Å². The van der Waals surface area contributed by atoms with E-state index in [0.29, 0.717) is 11.1 Å². The monoisotopic (exact) mass is 269 g/mol. The van der Waals surface area contributed by atoms with Crippen molar-refractivity contribution in [3.63, 3.8) is 0 Å². The van der Waals surface area contributed by atoms with Gasteiger partial charge in [0.2, 0.25) is 0 Å². The van der Waals surface area contributed by atoms with Crippen LogP contribution in [0.5, 0.6) is 0 Å². The van der Waals surface area contributed by atoms with E-state index in [4.69, 9.17) is 11.6 Å². The molecule has 0 aliphatic heterocycles. The molecule has 0 saturated heterocycles. The minimum atomic E-state index is -1.10. The number of hydrogen-bond acceptors (Lipinski definition) is 1. The predicted molar refractivity (Wildman–Crippen MR) is 66.1 cm³/mol. The Morgan fingerprint density at radius 3 is 2.67 bits per heavy atom. The molecule has 1 aromatic heterocycles. The number of aromatic nitrogens is 1. The predicted octanol–water partition coefficient (Wildman–Crippen LogP) is 3.58. The molecule has 0 spiro atoms. The molecule has 94 valence electrons. The molecule has 0 atom stereocenters. The zero-order valence-electron chi connectivity index (χ0n) is 9.64. The molecule has 1 aromatic carbocycles. The second-order valence-electron chi connectivity index (χ2n) is 4.66. The molecule has 1 fully saturated rings. The molecule has 1 aliphatic rings. The van der Waals surface area contributed by atoms with Gasteiger partial charge in [0.25, 0.3) is 0 Å². The average Bonchev–Trinajstić information content (AvgIpc) is 3.15. The number of hydrogen-bond donors (Lipinski definition) is 0. The highest BCUT2D eigenvalue weighted by atomic mass is 35.5. The average molecular weight is 270 g/mol. The van der Waals surface area contributed by atoms with Crippen molar-refractivity contribution in [3.05, 3.63) is 44.7 Å². The van der Waals surface area contributed by atoms with Crippen LogP contribution in [-0.2, 0) is 0 Å². The highest BCUT2D eigenvalue weighted by Gasteiger charge is 2.27. The van der Waals surface area contributed by atoms with Crippen LogP contribution in [0.3, 0.4) is 0 Å². The lowest BCUT2D eigenvalue weighted by Crippen LogP contribution is -2.13. The molecular weight excluding hydrogens is 260 g/mol. The van der Waals surface area contributed by atoms with Gasteiger partial charge in [0.1, 0.15) is 5.02 Å². The lowest BCUT2D eigenvalue weighted by atomic mass is 10.1. The Balaban J connectivity index is 2.53. The van der Waals surface area contributed by atoms with Crippen LogP contribution in [0, 0.1) is 18.6 Å². The lowest BCUT2D eigenvalue weighted by molar-refractivity contribution is 0.510. The van der Waals surface area contributed by atoms with Gasteiger partial charge >= 0.3 is 0 Å². The van der Waals surface area contributed by atoms with E-state index in [9.17, 15) is 13.6 Å². The molecule has 0 unspecified atom stereocenters. The molecule has 5 heteroatoms. The topological polar surface area (TPSA) is 22.0 Å². The molecule has 1 saturated carbocycles. The lowest BCUT2D eigenvalue weighted by Gasteiger charge is -2.13. The quantitative estimate of drug-likeness (QED) is 0.726. The van der Waals surface area contributed by atoms with Gasteiger partial charge in [-0.25, -0.2) is 8.78 Å². The summed E-state index contributed by atoms with van der Waals surface area (Å²) in [5.41, 5.74) is 0.507. The fraction of sp³-hybridized carbons (Fsp3) is 0.308. The van der Waals surface area contributed by atoms with Crippen LogP contribution in [0.25, 0.3) is 10.9 Å². The summed E-state index contributed by atoms with van der Waals surface area (Å²) in [6, 6.07) is 1.17. The Morgan fingerprint density at radius 2 is 2.06 bits per heavy atom. The number of nitrogens with zero attached hydrogens (tertiary/aromatic N) is 1. The van der Waals surface area contributed by atoms with E-state index in [1.54, 1.807) is 17.7 Å². The van der Waals surface area contributed by atoms with Gasteiger partial charge in [0.05, 0.1) is 10.9 Å². The maximum absolute atomic E-state index is 13.5. The maximum atomic E-state index is 13.5. The van der Waals surface area contributed by atoms with E-state index in [2.05, 4.69) is 0 Å². The first kappa shape index (κ1) is 11.7. The maximum Gasteiger partial charge on any atom is 0.192 e. The van der Waals surface area contributed by atoms with E-state index < -0.39 is 11.6 Å². The van der Waals surface area contributed by atoms with E-state index >= 15 is 0 Å². The van der Waals surface area contributed by atoms with Crippen molar-refractivity contribution in [1.82, 2.24) is 4.57 Å². The number of fused-ring (bicyclic) bond motifs is 1. The Bertz CT molecular complexity index is 719.